The predicted octanol–water partition coefficient (Wildman–Crippen LogP) is 0.490. The highest BCUT2D eigenvalue weighted by Crippen LogP contribution is 2.06. The number of aliphatic carboxylic acids is 1. The molecule has 0 aliphatic rings. The van der Waals surface area contributed by atoms with Crippen molar-refractivity contribution < 1.29 is 19.1 Å². The highest BCUT2D eigenvalue weighted by Gasteiger charge is 2.18. The van der Waals surface area contributed by atoms with Crippen LogP contribution in [0.4, 0.5) is 9.18 Å². The van der Waals surface area contributed by atoms with E-state index in [1.165, 1.54) is 24.3 Å². The Bertz CT molecular complexity index is 392. The number of nitrogens with one attached hydrogen (secondary N) is 1. The minimum atomic E-state index is -1.19. The molecule has 0 saturated heterocycles. The molecule has 0 saturated carbocycles. The topological polar surface area (TPSA) is 92.4 Å². The smallest absolute Gasteiger partial charge is 0.326 e. The van der Waals surface area contributed by atoms with Gasteiger partial charge in [0.2, 0.25) is 0 Å². The number of benzene rings is 1. The van der Waals surface area contributed by atoms with Crippen molar-refractivity contribution >= 4 is 12.0 Å². The molecule has 0 heterocycles. The Morgan fingerprint density at radius 3 is 2.38 bits per heavy atom. The molecule has 1 rings (SSSR count). The zero-order valence-corrected chi connectivity index (χ0v) is 8.31. The average Bonchev–Trinajstić information content (AvgIpc) is 2.19. The molecule has 0 aliphatic carbocycles. The van der Waals surface area contributed by atoms with Crippen LogP contribution in [0.25, 0.3) is 0 Å². The van der Waals surface area contributed by atoms with E-state index < -0.39 is 23.9 Å². The van der Waals surface area contributed by atoms with Crippen molar-refractivity contribution in [3.63, 3.8) is 0 Å². The van der Waals surface area contributed by atoms with Crippen molar-refractivity contribution in [1.82, 2.24) is 5.32 Å². The van der Waals surface area contributed by atoms with Crippen molar-refractivity contribution in [2.45, 2.75) is 12.5 Å². The predicted molar refractivity (Wildman–Crippen MR) is 54.2 cm³/mol. The molecule has 0 aromatic heterocycles. The van der Waals surface area contributed by atoms with Gasteiger partial charge in [0, 0.05) is 6.42 Å². The molecule has 0 aliphatic heterocycles. The molecule has 2 amide bonds. The van der Waals surface area contributed by atoms with Gasteiger partial charge < -0.3 is 16.2 Å². The average molecular weight is 226 g/mol. The van der Waals surface area contributed by atoms with Crippen LogP contribution in [0.3, 0.4) is 0 Å². The Labute approximate surface area is 91.1 Å². The standard InChI is InChI=1S/C10H11FN2O3/c11-7-3-1-6(2-4-7)5-8(9(14)15)13-10(12)16/h1-4,8H,5H2,(H,14,15)(H3,12,13,16)/t8-/m1/s1. The third kappa shape index (κ3) is 3.56. The molecule has 0 radical (unpaired) electrons. The van der Waals surface area contributed by atoms with Crippen molar-refractivity contribution in [2.24, 2.45) is 5.73 Å². The summed E-state index contributed by atoms with van der Waals surface area (Å²) in [4.78, 5) is 21.3. The van der Waals surface area contributed by atoms with Crippen molar-refractivity contribution in [3.8, 4) is 0 Å². The summed E-state index contributed by atoms with van der Waals surface area (Å²) in [6, 6.07) is 3.33. The van der Waals surface area contributed by atoms with E-state index in [0.29, 0.717) is 5.56 Å². The monoisotopic (exact) mass is 226 g/mol. The van der Waals surface area contributed by atoms with Crippen LogP contribution in [0.15, 0.2) is 24.3 Å². The Morgan fingerprint density at radius 1 is 1.38 bits per heavy atom. The van der Waals surface area contributed by atoms with Gasteiger partial charge in [-0.25, -0.2) is 14.0 Å². The summed E-state index contributed by atoms with van der Waals surface area (Å²) >= 11 is 0. The fraction of sp³-hybridized carbons (Fsp3) is 0.200. The van der Waals surface area contributed by atoms with Gasteiger partial charge >= 0.3 is 12.0 Å². The number of hydrogen-bond acceptors (Lipinski definition) is 2. The number of hydrogen-bond donors (Lipinski definition) is 3. The molecule has 0 fully saturated rings. The Hall–Kier alpha value is -2.11. The van der Waals surface area contributed by atoms with Crippen LogP contribution in [-0.4, -0.2) is 23.1 Å². The van der Waals surface area contributed by atoms with Gasteiger partial charge in [-0.15, -0.1) is 0 Å². The second-order valence-electron chi connectivity index (χ2n) is 3.23. The molecule has 5 nitrogen and oxygen atoms in total. The lowest BCUT2D eigenvalue weighted by Crippen LogP contribution is -2.44. The minimum absolute atomic E-state index is 0.0541. The molecular weight excluding hydrogens is 215 g/mol. The molecule has 1 atom stereocenters. The number of amides is 2. The summed E-state index contributed by atoms with van der Waals surface area (Å²) < 4.78 is 12.6. The fourth-order valence-corrected chi connectivity index (χ4v) is 1.23. The molecule has 0 spiro atoms. The lowest BCUT2D eigenvalue weighted by atomic mass is 10.1. The third-order valence-electron chi connectivity index (χ3n) is 1.97. The van der Waals surface area contributed by atoms with Gasteiger partial charge in [-0.3, -0.25) is 0 Å². The van der Waals surface area contributed by atoms with E-state index in [1.54, 1.807) is 0 Å². The van der Waals surface area contributed by atoms with Gasteiger partial charge in [0.25, 0.3) is 0 Å². The van der Waals surface area contributed by atoms with Crippen LogP contribution in [0, 0.1) is 5.82 Å². The number of carboxylic acid groups (broad SMARTS) is 1. The summed E-state index contributed by atoms with van der Waals surface area (Å²) in [5.74, 6) is -1.60. The zero-order valence-electron chi connectivity index (χ0n) is 8.31. The van der Waals surface area contributed by atoms with Gasteiger partial charge in [0.15, 0.2) is 0 Å². The lowest BCUT2D eigenvalue weighted by molar-refractivity contribution is -0.139. The van der Waals surface area contributed by atoms with Crippen LogP contribution in [-0.2, 0) is 11.2 Å². The van der Waals surface area contributed by atoms with E-state index in [2.05, 4.69) is 5.32 Å². The fourth-order valence-electron chi connectivity index (χ4n) is 1.23. The Balaban J connectivity index is 2.71. The minimum Gasteiger partial charge on any atom is -0.480 e. The van der Waals surface area contributed by atoms with E-state index in [9.17, 15) is 14.0 Å². The van der Waals surface area contributed by atoms with Crippen LogP contribution in [0.5, 0.6) is 0 Å². The second kappa shape index (κ2) is 5.11. The first-order chi connectivity index (χ1) is 7.49. The van der Waals surface area contributed by atoms with Crippen molar-refractivity contribution in [2.75, 3.05) is 0 Å². The van der Waals surface area contributed by atoms with E-state index >= 15 is 0 Å². The molecule has 0 unspecified atom stereocenters. The van der Waals surface area contributed by atoms with Gasteiger partial charge in [0.05, 0.1) is 0 Å². The van der Waals surface area contributed by atoms with E-state index in [1.807, 2.05) is 0 Å². The number of primary amides is 1. The molecule has 0 bridgehead atoms. The zero-order chi connectivity index (χ0) is 12.1. The summed E-state index contributed by atoms with van der Waals surface area (Å²) in [5.41, 5.74) is 5.44. The molecule has 1 aromatic rings. The first-order valence-corrected chi connectivity index (χ1v) is 4.52. The first kappa shape index (κ1) is 12.0. The molecule has 4 N–H and O–H groups in total. The summed E-state index contributed by atoms with van der Waals surface area (Å²) in [7, 11) is 0. The molecule has 16 heavy (non-hydrogen) atoms. The Morgan fingerprint density at radius 2 is 1.94 bits per heavy atom. The van der Waals surface area contributed by atoms with Crippen LogP contribution in [0.2, 0.25) is 0 Å². The maximum absolute atomic E-state index is 12.6. The molecular formula is C10H11FN2O3. The highest BCUT2D eigenvalue weighted by molar-refractivity contribution is 5.81. The van der Waals surface area contributed by atoms with Gasteiger partial charge in [-0.2, -0.15) is 0 Å². The summed E-state index contributed by atoms with van der Waals surface area (Å²) in [6.45, 7) is 0. The highest BCUT2D eigenvalue weighted by atomic mass is 19.1. The second-order valence-corrected chi connectivity index (χ2v) is 3.23. The largest absolute Gasteiger partial charge is 0.480 e. The summed E-state index contributed by atoms with van der Waals surface area (Å²) in [6.07, 6.45) is 0.0541. The number of nitrogens with two attached hydrogens (primary N) is 1. The number of rotatable bonds is 4. The van der Waals surface area contributed by atoms with Gasteiger partial charge in [-0.1, -0.05) is 12.1 Å². The maximum Gasteiger partial charge on any atom is 0.326 e. The quantitative estimate of drug-likeness (QED) is 0.697. The Kier molecular flexibility index (Phi) is 3.82. The maximum atomic E-state index is 12.6. The number of carboxylic acids is 1. The van der Waals surface area contributed by atoms with Gasteiger partial charge in [0.1, 0.15) is 11.9 Å². The molecule has 86 valence electrons. The van der Waals surface area contributed by atoms with Crippen molar-refractivity contribution in [3.05, 3.63) is 35.6 Å². The number of urea groups is 1. The normalized spacial score (nSPS) is 11.8. The number of carbonyl (C=O) groups is 2. The lowest BCUT2D eigenvalue weighted by Gasteiger charge is -2.12. The molecule has 6 heteroatoms. The number of halogens is 1. The number of carbonyl (C=O) groups excluding carboxylic acids is 1. The van der Waals surface area contributed by atoms with Crippen LogP contribution < -0.4 is 11.1 Å². The third-order valence-corrected chi connectivity index (χ3v) is 1.97. The summed E-state index contributed by atoms with van der Waals surface area (Å²) in [5, 5.41) is 10.9. The van der Waals surface area contributed by atoms with Crippen LogP contribution in [0.1, 0.15) is 5.56 Å². The van der Waals surface area contributed by atoms with E-state index in [-0.39, 0.29) is 6.42 Å². The molecule has 1 aromatic carbocycles. The first-order valence-electron chi connectivity index (χ1n) is 4.52. The van der Waals surface area contributed by atoms with E-state index in [0.717, 1.165) is 0 Å². The SMILES string of the molecule is NC(=O)N[C@H](Cc1ccc(F)cc1)C(=O)O. The van der Waals surface area contributed by atoms with Crippen molar-refractivity contribution in [1.29, 1.82) is 0 Å². The van der Waals surface area contributed by atoms with Gasteiger partial charge in [-0.05, 0) is 17.7 Å². The van der Waals surface area contributed by atoms with E-state index in [4.69, 9.17) is 10.8 Å². The van der Waals surface area contributed by atoms with Crippen LogP contribution >= 0.6 is 0 Å².